The fourth-order valence-corrected chi connectivity index (χ4v) is 2.78. The van der Waals surface area contributed by atoms with Crippen molar-refractivity contribution in [1.82, 2.24) is 24.6 Å². The molecule has 3 N–H and O–H groups in total. The molecule has 0 amide bonds. The van der Waals surface area contributed by atoms with Crippen molar-refractivity contribution in [3.8, 4) is 11.3 Å². The monoisotopic (exact) mass is 347 g/mol. The third kappa shape index (κ3) is 3.03. The van der Waals surface area contributed by atoms with Crippen molar-refractivity contribution in [2.24, 2.45) is 0 Å². The number of aromatic nitrogens is 5. The van der Waals surface area contributed by atoms with E-state index in [2.05, 4.69) is 25.4 Å². The highest BCUT2D eigenvalue weighted by Crippen LogP contribution is 2.29. The number of anilines is 2. The average molecular weight is 347 g/mol. The van der Waals surface area contributed by atoms with Crippen LogP contribution in [0.4, 0.5) is 11.8 Å². The summed E-state index contributed by atoms with van der Waals surface area (Å²) in [7, 11) is 1.80. The van der Waals surface area contributed by atoms with Crippen LogP contribution >= 0.6 is 0 Å². The Morgan fingerprint density at radius 1 is 1.00 bits per heavy atom. The van der Waals surface area contributed by atoms with Crippen LogP contribution in [0.15, 0.2) is 42.7 Å². The largest absolute Gasteiger partial charge is 0.371 e. The van der Waals surface area contributed by atoms with Crippen molar-refractivity contribution in [1.29, 1.82) is 0 Å². The third-order valence-electron chi connectivity index (χ3n) is 4.50. The average Bonchev–Trinajstić information content (AvgIpc) is 3.03. The minimum absolute atomic E-state index is 0.217. The predicted octanol–water partition coefficient (Wildman–Crippen LogP) is 3.52. The van der Waals surface area contributed by atoms with Crippen LogP contribution in [0.3, 0.4) is 0 Å². The Morgan fingerprint density at radius 2 is 1.81 bits per heavy atom. The van der Waals surface area contributed by atoms with E-state index in [0.717, 1.165) is 27.8 Å². The molecule has 5 rings (SSSR count). The SMILES string of the molecule is C1CCC1.CNc1nc(N)nn2ccc(-c3ccc4ncccc4n3)c12. The molecule has 0 aliphatic heterocycles. The summed E-state index contributed by atoms with van der Waals surface area (Å²) in [6.07, 6.45) is 9.60. The summed E-state index contributed by atoms with van der Waals surface area (Å²) in [5.74, 6) is 0.884. The van der Waals surface area contributed by atoms with Gasteiger partial charge in [-0.2, -0.15) is 4.98 Å². The summed E-state index contributed by atoms with van der Waals surface area (Å²) in [6, 6.07) is 9.67. The minimum atomic E-state index is 0.217. The van der Waals surface area contributed by atoms with E-state index in [9.17, 15) is 0 Å². The van der Waals surface area contributed by atoms with Gasteiger partial charge in [0.05, 0.1) is 16.7 Å². The molecule has 1 aliphatic carbocycles. The van der Waals surface area contributed by atoms with Gasteiger partial charge in [0.15, 0.2) is 5.82 Å². The first-order chi connectivity index (χ1) is 12.8. The second-order valence-electron chi connectivity index (χ2n) is 6.24. The molecule has 1 fully saturated rings. The smallest absolute Gasteiger partial charge is 0.240 e. The topological polar surface area (TPSA) is 94.0 Å². The van der Waals surface area contributed by atoms with E-state index < -0.39 is 0 Å². The summed E-state index contributed by atoms with van der Waals surface area (Å²) in [5.41, 5.74) is 10.1. The molecule has 26 heavy (non-hydrogen) atoms. The van der Waals surface area contributed by atoms with Gasteiger partial charge in [0.1, 0.15) is 5.52 Å². The lowest BCUT2D eigenvalue weighted by Crippen LogP contribution is -2.05. The van der Waals surface area contributed by atoms with Gasteiger partial charge in [-0.3, -0.25) is 4.98 Å². The van der Waals surface area contributed by atoms with Gasteiger partial charge in [0.25, 0.3) is 0 Å². The van der Waals surface area contributed by atoms with Crippen LogP contribution in [-0.4, -0.2) is 31.6 Å². The number of hydrogen-bond acceptors (Lipinski definition) is 6. The molecule has 0 bridgehead atoms. The van der Waals surface area contributed by atoms with Crippen molar-refractivity contribution in [3.05, 3.63) is 42.7 Å². The Morgan fingerprint density at radius 3 is 2.54 bits per heavy atom. The first-order valence-electron chi connectivity index (χ1n) is 8.81. The van der Waals surface area contributed by atoms with E-state index in [1.165, 1.54) is 25.7 Å². The molecule has 0 aromatic carbocycles. The van der Waals surface area contributed by atoms with Crippen molar-refractivity contribution in [3.63, 3.8) is 0 Å². The van der Waals surface area contributed by atoms with Gasteiger partial charge in [-0.05, 0) is 30.3 Å². The fourth-order valence-electron chi connectivity index (χ4n) is 2.78. The van der Waals surface area contributed by atoms with Crippen LogP contribution in [0.5, 0.6) is 0 Å². The fraction of sp³-hybridized carbons (Fsp3) is 0.263. The van der Waals surface area contributed by atoms with Crippen molar-refractivity contribution in [2.45, 2.75) is 25.7 Å². The molecule has 1 aliphatic rings. The van der Waals surface area contributed by atoms with Gasteiger partial charge >= 0.3 is 0 Å². The number of nitrogens with zero attached hydrogens (tertiary/aromatic N) is 5. The molecule has 0 saturated heterocycles. The number of hydrogen-bond donors (Lipinski definition) is 2. The predicted molar refractivity (Wildman–Crippen MR) is 104 cm³/mol. The zero-order valence-corrected chi connectivity index (χ0v) is 14.7. The van der Waals surface area contributed by atoms with Gasteiger partial charge < -0.3 is 11.1 Å². The molecule has 0 radical (unpaired) electrons. The zero-order chi connectivity index (χ0) is 17.9. The Hall–Kier alpha value is -3.22. The van der Waals surface area contributed by atoms with Gasteiger partial charge in [-0.25, -0.2) is 9.50 Å². The number of nitrogens with one attached hydrogen (secondary N) is 1. The Bertz CT molecular complexity index is 1050. The third-order valence-corrected chi connectivity index (χ3v) is 4.50. The van der Waals surface area contributed by atoms with Crippen molar-refractivity contribution >= 4 is 28.3 Å². The number of nitrogen functional groups attached to an aromatic ring is 1. The van der Waals surface area contributed by atoms with Crippen LogP contribution in [0.1, 0.15) is 25.7 Å². The quantitative estimate of drug-likeness (QED) is 0.576. The van der Waals surface area contributed by atoms with E-state index in [0.29, 0.717) is 5.82 Å². The number of nitrogens with two attached hydrogens (primary N) is 1. The highest BCUT2D eigenvalue weighted by molar-refractivity contribution is 5.89. The molecule has 1 saturated carbocycles. The zero-order valence-electron chi connectivity index (χ0n) is 14.7. The molecular weight excluding hydrogens is 326 g/mol. The van der Waals surface area contributed by atoms with Crippen molar-refractivity contribution < 1.29 is 0 Å². The van der Waals surface area contributed by atoms with E-state index in [1.54, 1.807) is 17.8 Å². The van der Waals surface area contributed by atoms with Gasteiger partial charge in [0.2, 0.25) is 5.95 Å². The molecule has 4 aromatic heterocycles. The lowest BCUT2D eigenvalue weighted by Gasteiger charge is -2.07. The summed E-state index contributed by atoms with van der Waals surface area (Å²) in [4.78, 5) is 13.2. The molecule has 4 aromatic rings. The number of rotatable bonds is 2. The van der Waals surface area contributed by atoms with E-state index in [4.69, 9.17) is 5.73 Å². The van der Waals surface area contributed by atoms with Crippen LogP contribution in [0.2, 0.25) is 0 Å². The first kappa shape index (κ1) is 16.3. The molecule has 0 unspecified atom stereocenters. The number of fused-ring (bicyclic) bond motifs is 2. The minimum Gasteiger partial charge on any atom is -0.371 e. The van der Waals surface area contributed by atoms with Crippen LogP contribution in [-0.2, 0) is 0 Å². The van der Waals surface area contributed by atoms with Crippen LogP contribution in [0, 0.1) is 0 Å². The van der Waals surface area contributed by atoms with Crippen molar-refractivity contribution in [2.75, 3.05) is 18.1 Å². The lowest BCUT2D eigenvalue weighted by molar-refractivity contribution is 0.504. The van der Waals surface area contributed by atoms with E-state index in [-0.39, 0.29) is 5.95 Å². The Kier molecular flexibility index (Phi) is 4.35. The molecule has 0 spiro atoms. The maximum absolute atomic E-state index is 5.72. The molecule has 0 atom stereocenters. The van der Waals surface area contributed by atoms with Crippen LogP contribution < -0.4 is 11.1 Å². The highest BCUT2D eigenvalue weighted by Gasteiger charge is 2.13. The van der Waals surface area contributed by atoms with Gasteiger partial charge in [-0.1, -0.05) is 25.7 Å². The summed E-state index contributed by atoms with van der Waals surface area (Å²) < 4.78 is 1.71. The Balaban J connectivity index is 0.000000373. The summed E-state index contributed by atoms with van der Waals surface area (Å²) in [6.45, 7) is 0. The molecule has 4 heterocycles. The maximum Gasteiger partial charge on any atom is 0.240 e. The lowest BCUT2D eigenvalue weighted by atomic mass is 10.0. The normalized spacial score (nSPS) is 13.1. The molecule has 7 nitrogen and oxygen atoms in total. The second-order valence-corrected chi connectivity index (χ2v) is 6.24. The first-order valence-corrected chi connectivity index (χ1v) is 8.81. The van der Waals surface area contributed by atoms with E-state index in [1.807, 2.05) is 36.5 Å². The summed E-state index contributed by atoms with van der Waals surface area (Å²) >= 11 is 0. The maximum atomic E-state index is 5.72. The Labute approximate surface area is 151 Å². The number of pyridine rings is 2. The molecule has 132 valence electrons. The summed E-state index contributed by atoms with van der Waals surface area (Å²) in [5, 5.41) is 7.25. The highest BCUT2D eigenvalue weighted by atomic mass is 15.3. The molecule has 7 heteroatoms. The second kappa shape index (κ2) is 6.95. The van der Waals surface area contributed by atoms with Gasteiger partial charge in [0, 0.05) is 25.0 Å². The molecular formula is C19H21N7. The van der Waals surface area contributed by atoms with E-state index >= 15 is 0 Å². The standard InChI is InChI=1S/C15H13N7.C4H8/c1-17-14-13-9(6-8-22(13)21-15(16)20-14)10-4-5-11-12(19-10)3-2-7-18-11;1-2-4-3-1/h2-8H,1H3,(H3,16,17,20,21);1-4H2. The van der Waals surface area contributed by atoms with Gasteiger partial charge in [-0.15, -0.1) is 5.10 Å². The van der Waals surface area contributed by atoms with Crippen LogP contribution in [0.25, 0.3) is 27.8 Å².